The Hall–Kier alpha value is -0.890. The molecule has 2 rings (SSSR count). The van der Waals surface area contributed by atoms with Gasteiger partial charge in [-0.25, -0.2) is 4.99 Å². The van der Waals surface area contributed by atoms with Gasteiger partial charge in [-0.2, -0.15) is 0 Å². The monoisotopic (exact) mass is 473 g/mol. The fourth-order valence-electron chi connectivity index (χ4n) is 3.64. The molecular formula is C20H36IN5. The largest absolute Gasteiger partial charge is 0.357 e. The van der Waals surface area contributed by atoms with Crippen molar-refractivity contribution in [3.05, 3.63) is 30.1 Å². The van der Waals surface area contributed by atoms with Crippen molar-refractivity contribution in [2.45, 2.75) is 46.6 Å². The van der Waals surface area contributed by atoms with Crippen LogP contribution in [-0.2, 0) is 6.54 Å². The SMILES string of the molecule is CCNC(=NCc1ccccn1)NCCCCN1CC(C)CC(C)C1.I. The Labute approximate surface area is 176 Å². The number of pyridine rings is 1. The van der Waals surface area contributed by atoms with Crippen LogP contribution in [0, 0.1) is 11.8 Å². The van der Waals surface area contributed by atoms with Crippen LogP contribution >= 0.6 is 24.0 Å². The second kappa shape index (κ2) is 13.3. The molecule has 1 fully saturated rings. The van der Waals surface area contributed by atoms with Crippen molar-refractivity contribution < 1.29 is 0 Å². The van der Waals surface area contributed by atoms with Gasteiger partial charge in [-0.15, -0.1) is 24.0 Å². The van der Waals surface area contributed by atoms with Crippen LogP contribution in [0.5, 0.6) is 0 Å². The zero-order valence-corrected chi connectivity index (χ0v) is 18.9. The van der Waals surface area contributed by atoms with Crippen molar-refractivity contribution in [3.63, 3.8) is 0 Å². The second-order valence-corrected chi connectivity index (χ2v) is 7.36. The van der Waals surface area contributed by atoms with E-state index in [4.69, 9.17) is 0 Å². The fraction of sp³-hybridized carbons (Fsp3) is 0.700. The fourth-order valence-corrected chi connectivity index (χ4v) is 3.64. The van der Waals surface area contributed by atoms with Crippen molar-refractivity contribution in [1.82, 2.24) is 20.5 Å². The smallest absolute Gasteiger partial charge is 0.191 e. The van der Waals surface area contributed by atoms with E-state index in [1.165, 1.54) is 38.9 Å². The van der Waals surface area contributed by atoms with E-state index in [1.54, 1.807) is 0 Å². The number of nitrogens with zero attached hydrogens (tertiary/aromatic N) is 3. The average Bonchev–Trinajstić information content (AvgIpc) is 2.59. The first kappa shape index (κ1) is 23.1. The minimum absolute atomic E-state index is 0. The number of unbranched alkanes of at least 4 members (excludes halogenated alkanes) is 1. The third kappa shape index (κ3) is 9.16. The molecule has 0 radical (unpaired) electrons. The highest BCUT2D eigenvalue weighted by molar-refractivity contribution is 14.0. The number of hydrogen-bond donors (Lipinski definition) is 2. The summed E-state index contributed by atoms with van der Waals surface area (Å²) in [7, 11) is 0. The lowest BCUT2D eigenvalue weighted by Crippen LogP contribution is -2.40. The summed E-state index contributed by atoms with van der Waals surface area (Å²) in [5.74, 6) is 2.58. The number of guanidine groups is 1. The molecule has 1 saturated heterocycles. The molecule has 1 aliphatic heterocycles. The number of halogens is 1. The third-order valence-corrected chi connectivity index (χ3v) is 4.61. The number of aromatic nitrogens is 1. The highest BCUT2D eigenvalue weighted by Crippen LogP contribution is 2.20. The number of hydrogen-bond acceptors (Lipinski definition) is 3. The van der Waals surface area contributed by atoms with E-state index < -0.39 is 0 Å². The van der Waals surface area contributed by atoms with Crippen molar-refractivity contribution in [2.24, 2.45) is 16.8 Å². The molecule has 2 unspecified atom stereocenters. The molecule has 0 spiro atoms. The number of rotatable bonds is 8. The summed E-state index contributed by atoms with van der Waals surface area (Å²) >= 11 is 0. The summed E-state index contributed by atoms with van der Waals surface area (Å²) < 4.78 is 0. The number of aliphatic imine (C=N–C) groups is 1. The van der Waals surface area contributed by atoms with E-state index in [0.29, 0.717) is 6.54 Å². The molecule has 0 aliphatic carbocycles. The first-order chi connectivity index (χ1) is 12.2. The van der Waals surface area contributed by atoms with Gasteiger partial charge in [0.1, 0.15) is 0 Å². The molecule has 0 bridgehead atoms. The average molecular weight is 473 g/mol. The van der Waals surface area contributed by atoms with Crippen LogP contribution in [0.15, 0.2) is 29.4 Å². The zero-order valence-electron chi connectivity index (χ0n) is 16.6. The topological polar surface area (TPSA) is 52.6 Å². The summed E-state index contributed by atoms with van der Waals surface area (Å²) in [6.07, 6.45) is 5.61. The van der Waals surface area contributed by atoms with Crippen molar-refractivity contribution >= 4 is 29.9 Å². The molecule has 0 aromatic carbocycles. The zero-order chi connectivity index (χ0) is 17.9. The molecule has 2 atom stereocenters. The molecule has 6 heteroatoms. The van der Waals surface area contributed by atoms with E-state index in [0.717, 1.165) is 36.6 Å². The molecule has 0 saturated carbocycles. The van der Waals surface area contributed by atoms with Crippen LogP contribution < -0.4 is 10.6 Å². The number of likely N-dealkylation sites (tertiary alicyclic amines) is 1. The standard InChI is InChI=1S/C20H35N5.HI/c1-4-21-20(24-14-19-9-5-6-10-22-19)23-11-7-8-12-25-15-17(2)13-18(3)16-25;/h5-6,9-10,17-18H,4,7-8,11-16H2,1-3H3,(H2,21,23,24);1H. The molecule has 2 N–H and O–H groups in total. The third-order valence-electron chi connectivity index (χ3n) is 4.61. The first-order valence-electron chi connectivity index (χ1n) is 9.81. The highest BCUT2D eigenvalue weighted by Gasteiger charge is 2.20. The number of nitrogens with one attached hydrogen (secondary N) is 2. The van der Waals surface area contributed by atoms with Crippen molar-refractivity contribution in [3.8, 4) is 0 Å². The maximum Gasteiger partial charge on any atom is 0.191 e. The quantitative estimate of drug-likeness (QED) is 0.263. The molecular weight excluding hydrogens is 437 g/mol. The van der Waals surface area contributed by atoms with Crippen LogP contribution in [0.1, 0.15) is 45.7 Å². The molecule has 26 heavy (non-hydrogen) atoms. The van der Waals surface area contributed by atoms with Gasteiger partial charge in [0.15, 0.2) is 5.96 Å². The Morgan fingerprint density at radius 1 is 1.19 bits per heavy atom. The van der Waals surface area contributed by atoms with Gasteiger partial charge in [-0.1, -0.05) is 19.9 Å². The maximum absolute atomic E-state index is 4.61. The van der Waals surface area contributed by atoms with Gasteiger partial charge in [-0.05, 0) is 56.7 Å². The van der Waals surface area contributed by atoms with E-state index >= 15 is 0 Å². The van der Waals surface area contributed by atoms with E-state index in [2.05, 4.69) is 46.3 Å². The van der Waals surface area contributed by atoms with Gasteiger partial charge in [0.2, 0.25) is 0 Å². The van der Waals surface area contributed by atoms with Crippen LogP contribution in [0.2, 0.25) is 0 Å². The molecule has 148 valence electrons. The van der Waals surface area contributed by atoms with Crippen LogP contribution in [0.25, 0.3) is 0 Å². The van der Waals surface area contributed by atoms with Gasteiger partial charge in [0.05, 0.1) is 12.2 Å². The predicted molar refractivity (Wildman–Crippen MR) is 121 cm³/mol. The lowest BCUT2D eigenvalue weighted by atomic mass is 9.92. The Morgan fingerprint density at radius 3 is 2.62 bits per heavy atom. The second-order valence-electron chi connectivity index (χ2n) is 7.36. The van der Waals surface area contributed by atoms with Crippen LogP contribution in [-0.4, -0.2) is 48.6 Å². The molecule has 0 amide bonds. The Morgan fingerprint density at radius 2 is 1.96 bits per heavy atom. The van der Waals surface area contributed by atoms with Gasteiger partial charge >= 0.3 is 0 Å². The lowest BCUT2D eigenvalue weighted by molar-refractivity contribution is 0.139. The summed E-state index contributed by atoms with van der Waals surface area (Å²) in [5, 5.41) is 6.74. The van der Waals surface area contributed by atoms with Gasteiger partial charge in [-0.3, -0.25) is 4.98 Å². The molecule has 2 heterocycles. The van der Waals surface area contributed by atoms with Gasteiger partial charge < -0.3 is 15.5 Å². The Bertz CT molecular complexity index is 498. The van der Waals surface area contributed by atoms with Crippen molar-refractivity contribution in [1.29, 1.82) is 0 Å². The Kier molecular flexibility index (Phi) is 11.8. The lowest BCUT2D eigenvalue weighted by Gasteiger charge is -2.34. The van der Waals surface area contributed by atoms with Gasteiger partial charge in [0, 0.05) is 32.4 Å². The maximum atomic E-state index is 4.61. The summed E-state index contributed by atoms with van der Waals surface area (Å²) in [6.45, 7) is 13.1. The van der Waals surface area contributed by atoms with Crippen molar-refractivity contribution in [2.75, 3.05) is 32.7 Å². The van der Waals surface area contributed by atoms with E-state index in [1.807, 2.05) is 24.4 Å². The van der Waals surface area contributed by atoms with E-state index in [9.17, 15) is 0 Å². The Balaban J connectivity index is 0.00000338. The minimum Gasteiger partial charge on any atom is -0.357 e. The summed E-state index contributed by atoms with van der Waals surface area (Å²) in [4.78, 5) is 11.6. The minimum atomic E-state index is 0. The summed E-state index contributed by atoms with van der Waals surface area (Å²) in [6, 6.07) is 5.94. The highest BCUT2D eigenvalue weighted by atomic mass is 127. The molecule has 5 nitrogen and oxygen atoms in total. The molecule has 1 aromatic heterocycles. The predicted octanol–water partition coefficient (Wildman–Crippen LogP) is 3.51. The van der Waals surface area contributed by atoms with Crippen LogP contribution in [0.4, 0.5) is 0 Å². The molecule has 1 aromatic rings. The normalized spacial score (nSPS) is 21.1. The summed E-state index contributed by atoms with van der Waals surface area (Å²) in [5.41, 5.74) is 0.994. The van der Waals surface area contributed by atoms with Gasteiger partial charge in [0.25, 0.3) is 0 Å². The van der Waals surface area contributed by atoms with E-state index in [-0.39, 0.29) is 24.0 Å². The first-order valence-corrected chi connectivity index (χ1v) is 9.81. The number of piperidine rings is 1. The van der Waals surface area contributed by atoms with Crippen LogP contribution in [0.3, 0.4) is 0 Å². The molecule has 1 aliphatic rings.